The second-order valence-electron chi connectivity index (χ2n) is 4.39. The standard InChI is InChI=1S/C12H28N2O/c1-5-8-14(9-7-10-15-4)12(3,6-2)11-13/h5-11,13H2,1-4H3. The van der Waals surface area contributed by atoms with Crippen molar-refractivity contribution in [1.82, 2.24) is 4.90 Å². The zero-order valence-electron chi connectivity index (χ0n) is 10.9. The molecular weight excluding hydrogens is 188 g/mol. The summed E-state index contributed by atoms with van der Waals surface area (Å²) in [5.41, 5.74) is 6.04. The van der Waals surface area contributed by atoms with E-state index >= 15 is 0 Å². The van der Waals surface area contributed by atoms with Gasteiger partial charge < -0.3 is 10.5 Å². The molecule has 3 nitrogen and oxygen atoms in total. The van der Waals surface area contributed by atoms with Gasteiger partial charge in [-0.3, -0.25) is 4.90 Å². The molecule has 1 unspecified atom stereocenters. The van der Waals surface area contributed by atoms with Crippen molar-refractivity contribution in [3.63, 3.8) is 0 Å². The third kappa shape index (κ3) is 4.96. The lowest BCUT2D eigenvalue weighted by Gasteiger charge is -2.40. The van der Waals surface area contributed by atoms with Gasteiger partial charge in [-0.15, -0.1) is 0 Å². The molecule has 0 bridgehead atoms. The summed E-state index contributed by atoms with van der Waals surface area (Å²) in [6, 6.07) is 0. The molecule has 3 heteroatoms. The maximum absolute atomic E-state index is 5.88. The van der Waals surface area contributed by atoms with Crippen LogP contribution < -0.4 is 5.73 Å². The lowest BCUT2D eigenvalue weighted by atomic mass is 9.96. The summed E-state index contributed by atoms with van der Waals surface area (Å²) in [5, 5.41) is 0. The van der Waals surface area contributed by atoms with Gasteiger partial charge in [0.1, 0.15) is 0 Å². The van der Waals surface area contributed by atoms with E-state index in [2.05, 4.69) is 25.7 Å². The van der Waals surface area contributed by atoms with Gasteiger partial charge in [0, 0.05) is 32.3 Å². The van der Waals surface area contributed by atoms with Crippen LogP contribution in [0.2, 0.25) is 0 Å². The van der Waals surface area contributed by atoms with Crippen molar-refractivity contribution >= 4 is 0 Å². The predicted octanol–water partition coefficient (Wildman–Crippen LogP) is 1.86. The lowest BCUT2D eigenvalue weighted by Crippen LogP contribution is -2.52. The van der Waals surface area contributed by atoms with Crippen LogP contribution in [0.4, 0.5) is 0 Å². The van der Waals surface area contributed by atoms with E-state index in [0.29, 0.717) is 0 Å². The largest absolute Gasteiger partial charge is 0.385 e. The van der Waals surface area contributed by atoms with E-state index in [1.165, 1.54) is 6.42 Å². The Morgan fingerprint density at radius 1 is 1.27 bits per heavy atom. The third-order valence-electron chi connectivity index (χ3n) is 3.23. The van der Waals surface area contributed by atoms with Crippen molar-refractivity contribution in [1.29, 1.82) is 0 Å². The first kappa shape index (κ1) is 14.9. The fourth-order valence-electron chi connectivity index (χ4n) is 1.82. The van der Waals surface area contributed by atoms with Gasteiger partial charge in [-0.25, -0.2) is 0 Å². The van der Waals surface area contributed by atoms with Gasteiger partial charge in [0.25, 0.3) is 0 Å². The van der Waals surface area contributed by atoms with Crippen LogP contribution in [0.5, 0.6) is 0 Å². The molecule has 1 atom stereocenters. The zero-order valence-corrected chi connectivity index (χ0v) is 10.9. The Balaban J connectivity index is 4.21. The molecule has 0 rings (SSSR count). The van der Waals surface area contributed by atoms with Crippen LogP contribution in [0.25, 0.3) is 0 Å². The Morgan fingerprint density at radius 3 is 2.33 bits per heavy atom. The van der Waals surface area contributed by atoms with Crippen molar-refractivity contribution < 1.29 is 4.74 Å². The van der Waals surface area contributed by atoms with Crippen molar-refractivity contribution in [2.45, 2.75) is 45.6 Å². The number of hydrogen-bond acceptors (Lipinski definition) is 3. The minimum atomic E-state index is 0.156. The number of nitrogens with two attached hydrogens (primary N) is 1. The molecule has 0 heterocycles. The molecule has 0 aliphatic heterocycles. The average Bonchev–Trinajstić information content (AvgIpc) is 2.27. The molecule has 0 aromatic rings. The molecule has 15 heavy (non-hydrogen) atoms. The molecule has 0 spiro atoms. The fourth-order valence-corrected chi connectivity index (χ4v) is 1.82. The summed E-state index contributed by atoms with van der Waals surface area (Å²) < 4.78 is 5.09. The zero-order chi connectivity index (χ0) is 11.7. The van der Waals surface area contributed by atoms with Crippen molar-refractivity contribution in [3.05, 3.63) is 0 Å². The second kappa shape index (κ2) is 8.08. The molecule has 0 aromatic heterocycles. The van der Waals surface area contributed by atoms with Gasteiger partial charge in [0.05, 0.1) is 0 Å². The maximum Gasteiger partial charge on any atom is 0.0474 e. The van der Waals surface area contributed by atoms with Gasteiger partial charge in [-0.1, -0.05) is 13.8 Å². The van der Waals surface area contributed by atoms with E-state index in [1.807, 2.05) is 0 Å². The maximum atomic E-state index is 5.88. The fraction of sp³-hybridized carbons (Fsp3) is 1.00. The highest BCUT2D eigenvalue weighted by atomic mass is 16.5. The molecule has 0 aromatic carbocycles. The van der Waals surface area contributed by atoms with Crippen molar-refractivity contribution in [2.75, 3.05) is 33.4 Å². The summed E-state index contributed by atoms with van der Waals surface area (Å²) in [6.07, 6.45) is 3.38. The van der Waals surface area contributed by atoms with Gasteiger partial charge in [-0.05, 0) is 32.7 Å². The highest BCUT2D eigenvalue weighted by Gasteiger charge is 2.27. The lowest BCUT2D eigenvalue weighted by molar-refractivity contribution is 0.0896. The summed E-state index contributed by atoms with van der Waals surface area (Å²) in [7, 11) is 1.76. The minimum Gasteiger partial charge on any atom is -0.385 e. The van der Waals surface area contributed by atoms with Crippen LogP contribution in [0.3, 0.4) is 0 Å². The Labute approximate surface area is 95.0 Å². The molecular formula is C12H28N2O. The normalized spacial score (nSPS) is 15.6. The van der Waals surface area contributed by atoms with Crippen LogP contribution in [0.1, 0.15) is 40.0 Å². The van der Waals surface area contributed by atoms with Crippen LogP contribution in [0.15, 0.2) is 0 Å². The first-order valence-electron chi connectivity index (χ1n) is 6.08. The molecule has 0 saturated carbocycles. The van der Waals surface area contributed by atoms with E-state index in [9.17, 15) is 0 Å². The second-order valence-corrected chi connectivity index (χ2v) is 4.39. The average molecular weight is 216 g/mol. The molecule has 0 aliphatic rings. The van der Waals surface area contributed by atoms with Crippen LogP contribution in [-0.2, 0) is 4.74 Å². The third-order valence-corrected chi connectivity index (χ3v) is 3.23. The number of nitrogens with zero attached hydrogens (tertiary/aromatic N) is 1. The summed E-state index contributed by atoms with van der Waals surface area (Å²) >= 11 is 0. The molecule has 2 N–H and O–H groups in total. The minimum absolute atomic E-state index is 0.156. The summed E-state index contributed by atoms with van der Waals surface area (Å²) in [4.78, 5) is 2.51. The van der Waals surface area contributed by atoms with Gasteiger partial charge in [0.2, 0.25) is 0 Å². The quantitative estimate of drug-likeness (QED) is 0.598. The van der Waals surface area contributed by atoms with Crippen LogP contribution in [-0.4, -0.2) is 43.8 Å². The molecule has 0 saturated heterocycles. The summed E-state index contributed by atoms with van der Waals surface area (Å²) in [5.74, 6) is 0. The molecule has 0 amide bonds. The number of hydrogen-bond donors (Lipinski definition) is 1. The molecule has 0 aliphatic carbocycles. The molecule has 0 radical (unpaired) electrons. The number of rotatable bonds is 9. The first-order valence-corrected chi connectivity index (χ1v) is 6.08. The predicted molar refractivity (Wildman–Crippen MR) is 66.1 cm³/mol. The van der Waals surface area contributed by atoms with Crippen molar-refractivity contribution in [3.8, 4) is 0 Å². The van der Waals surface area contributed by atoms with Crippen molar-refractivity contribution in [2.24, 2.45) is 5.73 Å². The SMILES string of the molecule is CCCN(CCCOC)C(C)(CC)CN. The Kier molecular flexibility index (Phi) is 8.02. The van der Waals surface area contributed by atoms with Crippen LogP contribution in [0, 0.1) is 0 Å². The van der Waals surface area contributed by atoms with E-state index in [1.54, 1.807) is 7.11 Å². The number of ether oxygens (including phenoxy) is 1. The Hall–Kier alpha value is -0.120. The highest BCUT2D eigenvalue weighted by molar-refractivity contribution is 4.85. The Bertz CT molecular complexity index is 147. The molecule has 92 valence electrons. The van der Waals surface area contributed by atoms with Gasteiger partial charge in [-0.2, -0.15) is 0 Å². The van der Waals surface area contributed by atoms with Gasteiger partial charge in [0.15, 0.2) is 0 Å². The van der Waals surface area contributed by atoms with E-state index < -0.39 is 0 Å². The van der Waals surface area contributed by atoms with E-state index in [4.69, 9.17) is 10.5 Å². The Morgan fingerprint density at radius 2 is 1.93 bits per heavy atom. The monoisotopic (exact) mass is 216 g/mol. The first-order chi connectivity index (χ1) is 7.14. The van der Waals surface area contributed by atoms with E-state index in [0.717, 1.165) is 39.1 Å². The molecule has 0 fully saturated rings. The topological polar surface area (TPSA) is 38.5 Å². The van der Waals surface area contributed by atoms with Crippen LogP contribution >= 0.6 is 0 Å². The van der Waals surface area contributed by atoms with Gasteiger partial charge >= 0.3 is 0 Å². The highest BCUT2D eigenvalue weighted by Crippen LogP contribution is 2.18. The smallest absolute Gasteiger partial charge is 0.0474 e. The van der Waals surface area contributed by atoms with E-state index in [-0.39, 0.29) is 5.54 Å². The summed E-state index contributed by atoms with van der Waals surface area (Å²) in [6.45, 7) is 10.5. The number of methoxy groups -OCH3 is 1.